The van der Waals surface area contributed by atoms with Gasteiger partial charge in [0.1, 0.15) is 0 Å². The Morgan fingerprint density at radius 2 is 0.879 bits per heavy atom. The summed E-state index contributed by atoms with van der Waals surface area (Å²) in [5.41, 5.74) is 17.1. The Hall–Kier alpha value is -10.9. The highest BCUT2D eigenvalue weighted by atomic mass is 15.2. The van der Waals surface area contributed by atoms with E-state index in [2.05, 4.69) is 179 Å². The average molecular weight is 1180 g/mol. The van der Waals surface area contributed by atoms with Gasteiger partial charge in [-0.3, -0.25) is 0 Å². The molecule has 0 saturated heterocycles. The summed E-state index contributed by atoms with van der Waals surface area (Å²) in [6, 6.07) is 69.1. The van der Waals surface area contributed by atoms with Crippen molar-refractivity contribution in [2.24, 2.45) is 0 Å². The summed E-state index contributed by atoms with van der Waals surface area (Å²) in [5, 5.41) is 0.618. The minimum absolute atomic E-state index is 0.0598. The van der Waals surface area contributed by atoms with Crippen molar-refractivity contribution in [3.63, 3.8) is 0 Å². The molecule has 0 spiro atoms. The molecule has 436 valence electrons. The number of anilines is 9. The molecule has 0 aliphatic carbocycles. The largest absolute Gasteiger partial charge is 0.311 e. The molecule has 2 aliphatic rings. The SMILES string of the molecule is [2H]c1c([2H])c([2H])c(-c2ccc3c(c2)N(c2c(-c4ccccc4)cc(C(C)(C)C)cc2-c2ccccc2)c2cc(C(C)(C)C)cc4c2B3c2ccc(-n3c5ccc(N(c6ccccc6)c6c([2H])c([2H])c([2H])c([2H])c6[2H])cc5c5c([2H])c([2H])c([2H])c([2H])c53)cc2N4c2cccc(-c3ccccc3)c2)c([2H])c1[2H]. The third kappa shape index (κ3) is 9.63. The number of aromatic nitrogens is 1. The maximum atomic E-state index is 9.91. The van der Waals surface area contributed by atoms with Gasteiger partial charge in [-0.25, -0.2) is 0 Å². The van der Waals surface area contributed by atoms with Gasteiger partial charge in [-0.15, -0.1) is 0 Å². The zero-order chi connectivity index (χ0) is 73.7. The third-order valence-corrected chi connectivity index (χ3v) is 17.9. The Bertz CT molecular complexity index is 5840. The third-order valence-electron chi connectivity index (χ3n) is 17.9. The molecule has 5 heteroatoms. The topological polar surface area (TPSA) is 14.7 Å². The predicted octanol–water partition coefficient (Wildman–Crippen LogP) is 21.6. The second kappa shape index (κ2) is 22.0. The fraction of sp³-hybridized carbons (Fsp3) is 0.0930. The smallest absolute Gasteiger partial charge is 0.252 e. The van der Waals surface area contributed by atoms with E-state index in [0.29, 0.717) is 39.2 Å². The first-order valence-electron chi connectivity index (χ1n) is 37.8. The van der Waals surface area contributed by atoms with Crippen LogP contribution in [0.4, 0.5) is 51.2 Å². The minimum Gasteiger partial charge on any atom is -0.311 e. The molecule has 0 N–H and O–H groups in total. The molecule has 0 radical (unpaired) electrons. The van der Waals surface area contributed by atoms with Gasteiger partial charge in [-0.1, -0.05) is 248 Å². The zero-order valence-electron chi connectivity index (χ0n) is 65.2. The van der Waals surface area contributed by atoms with Crippen molar-refractivity contribution in [3.05, 3.63) is 320 Å². The van der Waals surface area contributed by atoms with Gasteiger partial charge in [0, 0.05) is 73.1 Å². The molecular formula is C86H69BN4. The van der Waals surface area contributed by atoms with Crippen LogP contribution < -0.4 is 31.1 Å². The lowest BCUT2D eigenvalue weighted by molar-refractivity contribution is 0.590. The number of benzene rings is 13. The van der Waals surface area contributed by atoms with Gasteiger partial charge in [0.2, 0.25) is 0 Å². The van der Waals surface area contributed by atoms with Crippen molar-refractivity contribution >= 4 is 96.1 Å². The summed E-state index contributed by atoms with van der Waals surface area (Å²) >= 11 is 0. The van der Waals surface area contributed by atoms with Crippen LogP contribution in [-0.4, -0.2) is 11.3 Å². The summed E-state index contributed by atoms with van der Waals surface area (Å²) in [6.07, 6.45) is 0. The van der Waals surface area contributed by atoms with E-state index in [1.807, 2.05) is 65.2 Å². The van der Waals surface area contributed by atoms with Crippen molar-refractivity contribution in [2.45, 2.75) is 52.4 Å². The van der Waals surface area contributed by atoms with Crippen LogP contribution in [0.5, 0.6) is 0 Å². The summed E-state index contributed by atoms with van der Waals surface area (Å²) in [6.45, 7) is 12.7. The number of hydrogen-bond acceptors (Lipinski definition) is 3. The standard InChI is InChI=1S/C86H69BN4/c1-85(2,3)64-52-72(60-32-17-9-18-33-60)84(73(53-64)61-34-19-10-20-35-61)91-79-51-63(59-30-15-8-16-31-59)44-47-75(79)87-76-48-45-70(57-80(76)90(81-54-65(86(4,5)6)55-82(91)83(81)87)68-41-27-36-62(50-68)58-28-13-7-14-29-58)89-77-43-26-25-42-71(77)74-56-69(46-49-78(74)89)88(66-37-21-11-22-38-66)67-39-23-12-24-40-67/h7-57H,1-6H3/i8D,11D,15D,16D,21D,22D,25D,26D,30D,31D,37D,38D,42D,43D. The highest BCUT2D eigenvalue weighted by Crippen LogP contribution is 2.53. The predicted molar refractivity (Wildman–Crippen MR) is 389 cm³/mol. The molecule has 3 heterocycles. The second-order valence-corrected chi connectivity index (χ2v) is 25.5. The summed E-state index contributed by atoms with van der Waals surface area (Å²) in [5.74, 6) is 0. The molecule has 13 aromatic carbocycles. The molecule has 0 unspecified atom stereocenters. The summed E-state index contributed by atoms with van der Waals surface area (Å²) in [7, 11) is 0. The van der Waals surface area contributed by atoms with Gasteiger partial charge in [0.25, 0.3) is 6.71 Å². The van der Waals surface area contributed by atoms with Crippen molar-refractivity contribution in [3.8, 4) is 50.2 Å². The van der Waals surface area contributed by atoms with Crippen LogP contribution in [0.15, 0.2) is 309 Å². The van der Waals surface area contributed by atoms with Gasteiger partial charge in [0.15, 0.2) is 0 Å². The maximum absolute atomic E-state index is 9.91. The van der Waals surface area contributed by atoms with E-state index in [4.69, 9.17) is 8.22 Å². The van der Waals surface area contributed by atoms with Gasteiger partial charge in [0.05, 0.1) is 35.9 Å². The van der Waals surface area contributed by atoms with Crippen LogP contribution in [0.1, 0.15) is 71.9 Å². The Kier molecular flexibility index (Phi) is 10.2. The van der Waals surface area contributed by atoms with Gasteiger partial charge >= 0.3 is 0 Å². The number of para-hydroxylation sites is 3. The monoisotopic (exact) mass is 1180 g/mol. The Balaban J connectivity index is 1.04. The lowest BCUT2D eigenvalue weighted by Crippen LogP contribution is -2.61. The van der Waals surface area contributed by atoms with Crippen LogP contribution in [0, 0.1) is 0 Å². The molecule has 0 saturated carbocycles. The van der Waals surface area contributed by atoms with Crippen molar-refractivity contribution in [1.29, 1.82) is 0 Å². The molecule has 4 nitrogen and oxygen atoms in total. The molecule has 14 aromatic rings. The Morgan fingerprint density at radius 3 is 1.53 bits per heavy atom. The lowest BCUT2D eigenvalue weighted by Gasteiger charge is -2.46. The number of fused-ring (bicyclic) bond motifs is 7. The molecule has 16 rings (SSSR count). The van der Waals surface area contributed by atoms with Crippen molar-refractivity contribution in [2.75, 3.05) is 14.7 Å². The zero-order valence-corrected chi connectivity index (χ0v) is 51.2. The number of hydrogen-bond donors (Lipinski definition) is 0. The summed E-state index contributed by atoms with van der Waals surface area (Å²) in [4.78, 5) is 6.27. The molecule has 0 atom stereocenters. The lowest BCUT2D eigenvalue weighted by atomic mass is 9.33. The molecule has 91 heavy (non-hydrogen) atoms. The van der Waals surface area contributed by atoms with Crippen molar-refractivity contribution in [1.82, 2.24) is 4.57 Å². The van der Waals surface area contributed by atoms with Crippen molar-refractivity contribution < 1.29 is 19.2 Å². The average Bonchev–Trinajstić information content (AvgIpc) is 0.822. The first-order valence-corrected chi connectivity index (χ1v) is 30.8. The van der Waals surface area contributed by atoms with Crippen LogP contribution in [0.25, 0.3) is 72.0 Å². The maximum Gasteiger partial charge on any atom is 0.252 e. The van der Waals surface area contributed by atoms with E-state index < -0.39 is 72.6 Å². The van der Waals surface area contributed by atoms with E-state index in [1.165, 1.54) is 0 Å². The van der Waals surface area contributed by atoms with Gasteiger partial charge in [-0.05, 0) is 175 Å². The number of rotatable bonds is 10. The van der Waals surface area contributed by atoms with Crippen LogP contribution in [-0.2, 0) is 10.8 Å². The van der Waals surface area contributed by atoms with E-state index in [9.17, 15) is 11.0 Å². The molecule has 2 aliphatic heterocycles. The van der Waals surface area contributed by atoms with Gasteiger partial charge in [-0.2, -0.15) is 0 Å². The normalized spacial score (nSPS) is 14.8. The van der Waals surface area contributed by atoms with Gasteiger partial charge < -0.3 is 19.3 Å². The highest BCUT2D eigenvalue weighted by Gasteiger charge is 2.45. The summed E-state index contributed by atoms with van der Waals surface area (Å²) < 4.78 is 130. The fourth-order valence-corrected chi connectivity index (χ4v) is 13.5. The molecule has 0 amide bonds. The molecule has 1 aromatic heterocycles. The fourth-order valence-electron chi connectivity index (χ4n) is 13.5. The van der Waals surface area contributed by atoms with Crippen LogP contribution >= 0.6 is 0 Å². The van der Waals surface area contributed by atoms with E-state index in [-0.39, 0.29) is 51.7 Å². The Morgan fingerprint density at radius 1 is 0.341 bits per heavy atom. The molecular weight excluding hydrogens is 1100 g/mol. The van der Waals surface area contributed by atoms with E-state index in [0.717, 1.165) is 89.3 Å². The number of nitrogens with zero attached hydrogens (tertiary/aromatic N) is 4. The highest BCUT2D eigenvalue weighted by molar-refractivity contribution is 7.00. The first kappa shape index (κ1) is 42.1. The second-order valence-electron chi connectivity index (χ2n) is 25.5. The first-order chi connectivity index (χ1) is 50.2. The molecule has 0 bridgehead atoms. The quantitative estimate of drug-likeness (QED) is 0.127. The van der Waals surface area contributed by atoms with Crippen LogP contribution in [0.3, 0.4) is 0 Å². The molecule has 0 fully saturated rings. The van der Waals surface area contributed by atoms with Crippen LogP contribution in [0.2, 0.25) is 0 Å². The van der Waals surface area contributed by atoms with E-state index in [1.54, 1.807) is 41.3 Å². The minimum atomic E-state index is -0.570. The van der Waals surface area contributed by atoms with E-state index >= 15 is 0 Å². The Labute approximate surface area is 555 Å².